The van der Waals surface area contributed by atoms with Crippen molar-refractivity contribution >= 4 is 23.9 Å². The molecule has 14 nitrogen and oxygen atoms in total. The minimum Gasteiger partial charge on any atom is -0.547 e. The number of rotatable bonds is 11. The lowest BCUT2D eigenvalue weighted by Crippen LogP contribution is -2.51. The number of hydrogen-bond donors (Lipinski definition) is 6. The Morgan fingerprint density at radius 3 is 0.969 bits per heavy atom. The van der Waals surface area contributed by atoms with E-state index in [2.05, 4.69) is 0 Å². The Morgan fingerprint density at radius 1 is 0.625 bits per heavy atom. The molecule has 0 amide bonds. The highest BCUT2D eigenvalue weighted by Gasteiger charge is 2.19. The quantitative estimate of drug-likeness (QED) is 0.154. The predicted octanol–water partition coefficient (Wildman–Crippen LogP) is -5.74. The molecule has 0 saturated carbocycles. The molecule has 190 valence electrons. The van der Waals surface area contributed by atoms with Crippen molar-refractivity contribution in [3.63, 3.8) is 0 Å². The van der Waals surface area contributed by atoms with Gasteiger partial charge in [0, 0.05) is 0 Å². The molecule has 0 aliphatic carbocycles. The van der Waals surface area contributed by atoms with Crippen LogP contribution < -0.4 is 10.2 Å². The van der Waals surface area contributed by atoms with Gasteiger partial charge in [0.15, 0.2) is 0 Å². The Morgan fingerprint density at radius 2 is 0.844 bits per heavy atom. The maximum Gasteiger partial charge on any atom is 0.306 e. The van der Waals surface area contributed by atoms with Crippen LogP contribution in [0.1, 0.15) is 12.8 Å². The molecule has 32 heavy (non-hydrogen) atoms. The summed E-state index contributed by atoms with van der Waals surface area (Å²) >= 11 is 0. The van der Waals surface area contributed by atoms with E-state index in [1.54, 1.807) is 0 Å². The van der Waals surface area contributed by atoms with Gasteiger partial charge < -0.3 is 59.4 Å². The molecule has 0 aromatic heterocycles. The van der Waals surface area contributed by atoms with E-state index >= 15 is 0 Å². The van der Waals surface area contributed by atoms with Crippen molar-refractivity contribution in [1.82, 2.24) is 0 Å². The molecule has 0 rings (SSSR count). The molecule has 0 aliphatic rings. The fourth-order valence-corrected chi connectivity index (χ4v) is 2.05. The van der Waals surface area contributed by atoms with Crippen LogP contribution in [0.4, 0.5) is 0 Å². The largest absolute Gasteiger partial charge is 0.547 e. The number of nitrogens with zero attached hydrogens (tertiary/aromatic N) is 2. The van der Waals surface area contributed by atoms with Gasteiger partial charge in [-0.1, -0.05) is 0 Å². The van der Waals surface area contributed by atoms with Gasteiger partial charge in [0.2, 0.25) is 0 Å². The Bertz CT molecular complexity index is 546. The lowest BCUT2D eigenvalue weighted by Gasteiger charge is -2.25. The van der Waals surface area contributed by atoms with Crippen molar-refractivity contribution in [2.24, 2.45) is 0 Å². The van der Waals surface area contributed by atoms with Crippen molar-refractivity contribution in [2.45, 2.75) is 37.3 Å². The van der Waals surface area contributed by atoms with E-state index < -0.39 is 48.3 Å². The number of aliphatic hydroxyl groups excluding tert-OH is 4. The fraction of sp³-hybridized carbons (Fsp3) is 0.778. The summed E-state index contributed by atoms with van der Waals surface area (Å²) in [6.45, 7) is 0.929. The lowest BCUT2D eigenvalue weighted by molar-refractivity contribution is -0.873. The fourth-order valence-electron chi connectivity index (χ4n) is 2.05. The zero-order valence-electron chi connectivity index (χ0n) is 19.2. The van der Waals surface area contributed by atoms with E-state index in [-0.39, 0.29) is 12.8 Å². The van der Waals surface area contributed by atoms with Gasteiger partial charge in [-0.2, -0.15) is 0 Å². The van der Waals surface area contributed by atoms with Gasteiger partial charge in [-0.15, -0.1) is 0 Å². The van der Waals surface area contributed by atoms with Gasteiger partial charge in [0.05, 0.1) is 67.1 Å². The average molecular weight is 472 g/mol. The van der Waals surface area contributed by atoms with E-state index in [9.17, 15) is 29.4 Å². The Labute approximate surface area is 186 Å². The van der Waals surface area contributed by atoms with Crippen molar-refractivity contribution in [1.29, 1.82) is 0 Å². The number of carbonyl (C=O) groups is 4. The van der Waals surface area contributed by atoms with Gasteiger partial charge in [-0.3, -0.25) is 9.59 Å². The molecule has 0 aromatic carbocycles. The van der Waals surface area contributed by atoms with E-state index in [0.29, 0.717) is 22.1 Å². The molecule has 0 bridgehead atoms. The van der Waals surface area contributed by atoms with Gasteiger partial charge in [0.25, 0.3) is 0 Å². The number of aliphatic hydroxyl groups is 4. The summed E-state index contributed by atoms with van der Waals surface area (Å²) in [5.74, 6) is -6.02. The molecule has 4 unspecified atom stereocenters. The Kier molecular flexibility index (Phi) is 16.5. The third-order valence-electron chi connectivity index (χ3n) is 3.12. The highest BCUT2D eigenvalue weighted by Crippen LogP contribution is 1.99. The third-order valence-corrected chi connectivity index (χ3v) is 3.12. The SMILES string of the molecule is C[N+](C)(C)CC(O)CC(=O)O.C[N+](C)(C)CC(O)CC(=O)O.O=C([O-])C(O)C(O)C(=O)[O-]. The van der Waals surface area contributed by atoms with E-state index in [4.69, 9.17) is 30.6 Å². The molecule has 0 aliphatic heterocycles. The maximum absolute atomic E-state index is 10.1. The van der Waals surface area contributed by atoms with Crippen LogP contribution in [0.5, 0.6) is 0 Å². The second kappa shape index (κ2) is 15.4. The highest BCUT2D eigenvalue weighted by molar-refractivity contribution is 5.80. The van der Waals surface area contributed by atoms with Crippen molar-refractivity contribution in [2.75, 3.05) is 55.4 Å². The van der Waals surface area contributed by atoms with Crippen LogP contribution in [-0.2, 0) is 19.2 Å². The van der Waals surface area contributed by atoms with Gasteiger partial charge >= 0.3 is 11.9 Å². The molecule has 0 fully saturated rings. The Hall–Kier alpha value is -2.36. The molecule has 14 heteroatoms. The minimum atomic E-state index is -2.44. The van der Waals surface area contributed by atoms with Crippen LogP contribution >= 0.6 is 0 Å². The normalized spacial score (nSPS) is 14.9. The summed E-state index contributed by atoms with van der Waals surface area (Å²) in [5, 5.41) is 70.7. The summed E-state index contributed by atoms with van der Waals surface area (Å²) in [4.78, 5) is 39.5. The minimum absolute atomic E-state index is 0.171. The van der Waals surface area contributed by atoms with E-state index in [1.807, 2.05) is 42.3 Å². The number of carboxylic acids is 4. The second-order valence-electron chi connectivity index (χ2n) is 8.98. The van der Waals surface area contributed by atoms with Crippen molar-refractivity contribution < 1.29 is 69.0 Å². The number of likely N-dealkylation sites (N-methyl/N-ethyl adjacent to an activating group) is 2. The average Bonchev–Trinajstić information content (AvgIpc) is 2.48. The monoisotopic (exact) mass is 472 g/mol. The molecule has 0 radical (unpaired) electrons. The third kappa shape index (κ3) is 25.7. The van der Waals surface area contributed by atoms with Gasteiger partial charge in [-0.25, -0.2) is 0 Å². The van der Waals surface area contributed by atoms with Crippen molar-refractivity contribution in [3.05, 3.63) is 0 Å². The van der Waals surface area contributed by atoms with E-state index in [1.165, 1.54) is 0 Å². The topological polar surface area (TPSA) is 236 Å². The molecule has 0 saturated heterocycles. The molecule has 6 N–H and O–H groups in total. The lowest BCUT2D eigenvalue weighted by atomic mass is 10.2. The molecule has 0 aromatic rings. The number of carboxylic acid groups (broad SMARTS) is 4. The summed E-state index contributed by atoms with van der Waals surface area (Å²) in [6.07, 6.45) is -6.71. The molecule has 0 heterocycles. The first-order valence-corrected chi connectivity index (χ1v) is 9.27. The second-order valence-corrected chi connectivity index (χ2v) is 8.98. The van der Waals surface area contributed by atoms with E-state index in [0.717, 1.165) is 0 Å². The maximum atomic E-state index is 10.1. The van der Waals surface area contributed by atoms with Crippen LogP contribution in [0.2, 0.25) is 0 Å². The van der Waals surface area contributed by atoms with Crippen molar-refractivity contribution in [3.8, 4) is 0 Å². The van der Waals surface area contributed by atoms with Gasteiger partial charge in [0.1, 0.15) is 37.5 Å². The summed E-state index contributed by atoms with van der Waals surface area (Å²) in [5.41, 5.74) is 0. The highest BCUT2D eigenvalue weighted by atomic mass is 16.4. The Balaban J connectivity index is -0.000000395. The van der Waals surface area contributed by atoms with Crippen LogP contribution in [0.25, 0.3) is 0 Å². The standard InChI is InChI=1S/2C7H15NO3.C4H6O6/c2*1-8(2,3)5-6(9)4-7(10)11;5-1(3(7)8)2(6)4(9)10/h2*6,9H,4-5H2,1-3H3;1-2,5-6H,(H,7,8)(H,9,10). The molecular weight excluding hydrogens is 436 g/mol. The van der Waals surface area contributed by atoms with Gasteiger partial charge in [-0.05, 0) is 0 Å². The number of hydrogen-bond acceptors (Lipinski definition) is 10. The first-order valence-electron chi connectivity index (χ1n) is 9.27. The summed E-state index contributed by atoms with van der Waals surface area (Å²) in [6, 6.07) is 0. The zero-order valence-corrected chi connectivity index (χ0v) is 19.2. The summed E-state index contributed by atoms with van der Waals surface area (Å²) in [7, 11) is 11.4. The number of carbonyl (C=O) groups excluding carboxylic acids is 2. The zero-order chi connectivity index (χ0) is 26.4. The van der Waals surface area contributed by atoms with Crippen LogP contribution in [0.15, 0.2) is 0 Å². The first-order chi connectivity index (χ1) is 14.1. The molecule has 4 atom stereocenters. The van der Waals surface area contributed by atoms with Crippen LogP contribution in [0, 0.1) is 0 Å². The first kappa shape index (κ1) is 34.3. The number of aliphatic carboxylic acids is 4. The smallest absolute Gasteiger partial charge is 0.306 e. The number of quaternary nitrogens is 2. The molecule has 0 spiro atoms. The predicted molar refractivity (Wildman–Crippen MR) is 104 cm³/mol. The van der Waals surface area contributed by atoms with Crippen LogP contribution in [-0.4, -0.2) is 143 Å². The van der Waals surface area contributed by atoms with Crippen LogP contribution in [0.3, 0.4) is 0 Å². The molecular formula is C18H36N2O12. The summed E-state index contributed by atoms with van der Waals surface area (Å²) < 4.78 is 1.16.